The van der Waals surface area contributed by atoms with E-state index in [9.17, 15) is 4.79 Å². The van der Waals surface area contributed by atoms with Crippen molar-refractivity contribution in [2.45, 2.75) is 18.8 Å². The van der Waals surface area contributed by atoms with E-state index in [1.165, 1.54) is 0 Å². The SMILES string of the molecule is Cn1cnc(C2CCN(C(=O)c3ccccc3)CC2)c1. The Morgan fingerprint density at radius 3 is 2.50 bits per heavy atom. The van der Waals surface area contributed by atoms with Crippen LogP contribution < -0.4 is 0 Å². The van der Waals surface area contributed by atoms with Gasteiger partial charge in [-0.2, -0.15) is 0 Å². The molecule has 3 rings (SSSR count). The number of hydrogen-bond donors (Lipinski definition) is 0. The quantitative estimate of drug-likeness (QED) is 0.840. The molecule has 1 aliphatic heterocycles. The second-order valence-electron chi connectivity index (χ2n) is 5.40. The summed E-state index contributed by atoms with van der Waals surface area (Å²) in [6, 6.07) is 9.52. The van der Waals surface area contributed by atoms with Crippen LogP contribution in [0.4, 0.5) is 0 Å². The summed E-state index contributed by atoms with van der Waals surface area (Å²) in [6.45, 7) is 1.63. The zero-order valence-corrected chi connectivity index (χ0v) is 11.7. The number of aromatic nitrogens is 2. The lowest BCUT2D eigenvalue weighted by atomic mass is 9.93. The predicted molar refractivity (Wildman–Crippen MR) is 77.5 cm³/mol. The van der Waals surface area contributed by atoms with E-state index in [4.69, 9.17) is 0 Å². The summed E-state index contributed by atoms with van der Waals surface area (Å²) in [6.07, 6.45) is 5.92. The van der Waals surface area contributed by atoms with E-state index in [1.54, 1.807) is 0 Å². The molecule has 0 N–H and O–H groups in total. The average Bonchev–Trinajstić information content (AvgIpc) is 2.94. The van der Waals surface area contributed by atoms with Crippen molar-refractivity contribution >= 4 is 5.91 Å². The number of piperidine rings is 1. The molecule has 4 heteroatoms. The number of likely N-dealkylation sites (tertiary alicyclic amines) is 1. The maximum atomic E-state index is 12.4. The minimum absolute atomic E-state index is 0.144. The lowest BCUT2D eigenvalue weighted by molar-refractivity contribution is 0.0712. The van der Waals surface area contributed by atoms with Gasteiger partial charge in [0.2, 0.25) is 0 Å². The average molecular weight is 269 g/mol. The summed E-state index contributed by atoms with van der Waals surface area (Å²) in [5.74, 6) is 0.626. The van der Waals surface area contributed by atoms with Crippen molar-refractivity contribution in [1.82, 2.24) is 14.5 Å². The number of carbonyl (C=O) groups excluding carboxylic acids is 1. The van der Waals surface area contributed by atoms with Crippen molar-refractivity contribution in [3.63, 3.8) is 0 Å². The van der Waals surface area contributed by atoms with Gasteiger partial charge in [0.1, 0.15) is 0 Å². The fourth-order valence-corrected chi connectivity index (χ4v) is 2.79. The van der Waals surface area contributed by atoms with Crippen LogP contribution in [0.5, 0.6) is 0 Å². The summed E-state index contributed by atoms with van der Waals surface area (Å²) in [4.78, 5) is 18.7. The molecule has 1 aromatic heterocycles. The highest BCUT2D eigenvalue weighted by molar-refractivity contribution is 5.94. The molecule has 0 unspecified atom stereocenters. The van der Waals surface area contributed by atoms with Crippen LogP contribution in [0.1, 0.15) is 34.8 Å². The van der Waals surface area contributed by atoms with Crippen LogP contribution in [-0.2, 0) is 7.05 Å². The Balaban J connectivity index is 1.63. The predicted octanol–water partition coefficient (Wildman–Crippen LogP) is 2.44. The second kappa shape index (κ2) is 5.49. The fraction of sp³-hybridized carbons (Fsp3) is 0.375. The molecule has 0 saturated carbocycles. The third-order valence-electron chi connectivity index (χ3n) is 3.95. The van der Waals surface area contributed by atoms with Crippen LogP contribution >= 0.6 is 0 Å². The van der Waals surface area contributed by atoms with Gasteiger partial charge in [-0.1, -0.05) is 18.2 Å². The van der Waals surface area contributed by atoms with Crippen molar-refractivity contribution < 1.29 is 4.79 Å². The van der Waals surface area contributed by atoms with E-state index < -0.39 is 0 Å². The summed E-state index contributed by atoms with van der Waals surface area (Å²) >= 11 is 0. The van der Waals surface area contributed by atoms with Crippen molar-refractivity contribution in [2.24, 2.45) is 7.05 Å². The first-order valence-electron chi connectivity index (χ1n) is 7.06. The zero-order valence-electron chi connectivity index (χ0n) is 11.7. The topological polar surface area (TPSA) is 38.1 Å². The van der Waals surface area contributed by atoms with Crippen molar-refractivity contribution in [2.75, 3.05) is 13.1 Å². The zero-order chi connectivity index (χ0) is 13.9. The van der Waals surface area contributed by atoms with E-state index in [-0.39, 0.29) is 5.91 Å². The molecule has 0 spiro atoms. The van der Waals surface area contributed by atoms with Gasteiger partial charge in [0.25, 0.3) is 5.91 Å². The monoisotopic (exact) mass is 269 g/mol. The number of nitrogens with zero attached hydrogens (tertiary/aromatic N) is 3. The highest BCUT2D eigenvalue weighted by atomic mass is 16.2. The van der Waals surface area contributed by atoms with Gasteiger partial charge in [-0.05, 0) is 25.0 Å². The lowest BCUT2D eigenvalue weighted by Gasteiger charge is -2.31. The van der Waals surface area contributed by atoms with Crippen molar-refractivity contribution in [1.29, 1.82) is 0 Å². The molecule has 4 nitrogen and oxygen atoms in total. The maximum absolute atomic E-state index is 12.4. The molecular weight excluding hydrogens is 250 g/mol. The third kappa shape index (κ3) is 2.59. The first kappa shape index (κ1) is 12.9. The molecule has 20 heavy (non-hydrogen) atoms. The molecule has 2 aromatic rings. The normalized spacial score (nSPS) is 16.4. The summed E-state index contributed by atoms with van der Waals surface area (Å²) in [7, 11) is 1.99. The Kier molecular flexibility index (Phi) is 3.54. The highest BCUT2D eigenvalue weighted by Gasteiger charge is 2.25. The van der Waals surface area contributed by atoms with Gasteiger partial charge in [-0.15, -0.1) is 0 Å². The minimum atomic E-state index is 0.144. The summed E-state index contributed by atoms with van der Waals surface area (Å²) < 4.78 is 1.98. The largest absolute Gasteiger partial charge is 0.340 e. The third-order valence-corrected chi connectivity index (χ3v) is 3.95. The van der Waals surface area contributed by atoms with E-state index in [0.29, 0.717) is 5.92 Å². The van der Waals surface area contributed by atoms with Crippen molar-refractivity contribution in [3.8, 4) is 0 Å². The van der Waals surface area contributed by atoms with Gasteiger partial charge in [0.05, 0.1) is 12.0 Å². The first-order chi connectivity index (χ1) is 9.74. The number of amides is 1. The lowest BCUT2D eigenvalue weighted by Crippen LogP contribution is -2.37. The van der Waals surface area contributed by atoms with Crippen LogP contribution in [0.3, 0.4) is 0 Å². The van der Waals surface area contributed by atoms with Gasteiger partial charge < -0.3 is 9.47 Å². The molecule has 1 aliphatic rings. The van der Waals surface area contributed by atoms with Crippen molar-refractivity contribution in [3.05, 3.63) is 54.1 Å². The van der Waals surface area contributed by atoms with Gasteiger partial charge in [0, 0.05) is 37.8 Å². The van der Waals surface area contributed by atoms with Crippen LogP contribution in [0.25, 0.3) is 0 Å². The highest BCUT2D eigenvalue weighted by Crippen LogP contribution is 2.27. The number of carbonyl (C=O) groups is 1. The Bertz CT molecular complexity index is 583. The Morgan fingerprint density at radius 1 is 1.20 bits per heavy atom. The Hall–Kier alpha value is -2.10. The van der Waals surface area contributed by atoms with Crippen LogP contribution in [0, 0.1) is 0 Å². The van der Waals surface area contributed by atoms with Gasteiger partial charge in [-0.25, -0.2) is 4.98 Å². The van der Waals surface area contributed by atoms with Gasteiger partial charge in [0.15, 0.2) is 0 Å². The minimum Gasteiger partial charge on any atom is -0.340 e. The number of hydrogen-bond acceptors (Lipinski definition) is 2. The Morgan fingerprint density at radius 2 is 1.90 bits per heavy atom. The number of rotatable bonds is 2. The van der Waals surface area contributed by atoms with E-state index in [0.717, 1.165) is 37.2 Å². The fourth-order valence-electron chi connectivity index (χ4n) is 2.79. The first-order valence-corrected chi connectivity index (χ1v) is 7.06. The van der Waals surface area contributed by atoms with Crippen LogP contribution in [0.15, 0.2) is 42.9 Å². The molecule has 104 valence electrons. The number of aryl methyl sites for hydroxylation is 1. The molecule has 0 bridgehead atoms. The molecule has 0 radical (unpaired) electrons. The summed E-state index contributed by atoms with van der Waals surface area (Å²) in [5, 5.41) is 0. The van der Waals surface area contributed by atoms with E-state index in [2.05, 4.69) is 11.2 Å². The van der Waals surface area contributed by atoms with Crippen LogP contribution in [-0.4, -0.2) is 33.4 Å². The number of imidazole rings is 1. The van der Waals surface area contributed by atoms with Gasteiger partial charge >= 0.3 is 0 Å². The molecule has 1 amide bonds. The smallest absolute Gasteiger partial charge is 0.253 e. The molecule has 1 saturated heterocycles. The molecule has 2 heterocycles. The van der Waals surface area contributed by atoms with Crippen LogP contribution in [0.2, 0.25) is 0 Å². The molecular formula is C16H19N3O. The van der Waals surface area contributed by atoms with E-state index >= 15 is 0 Å². The summed E-state index contributed by atoms with van der Waals surface area (Å²) in [5.41, 5.74) is 1.93. The molecule has 0 atom stereocenters. The molecule has 1 fully saturated rings. The molecule has 1 aromatic carbocycles. The van der Waals surface area contributed by atoms with Gasteiger partial charge in [-0.3, -0.25) is 4.79 Å². The maximum Gasteiger partial charge on any atom is 0.253 e. The Labute approximate surface area is 119 Å². The molecule has 0 aliphatic carbocycles. The standard InChI is InChI=1S/C16H19N3O/c1-18-11-15(17-12-18)13-7-9-19(10-8-13)16(20)14-5-3-2-4-6-14/h2-6,11-13H,7-10H2,1H3. The second-order valence-corrected chi connectivity index (χ2v) is 5.40. The van der Waals surface area contributed by atoms with E-state index in [1.807, 2.05) is 53.2 Å². The number of benzene rings is 1.